The number of rotatable bonds is 4. The third-order valence-electron chi connectivity index (χ3n) is 5.60. The van der Waals surface area contributed by atoms with Crippen molar-refractivity contribution in [3.8, 4) is 11.1 Å². The minimum atomic E-state index is -0.276. The third-order valence-corrected chi connectivity index (χ3v) is 5.60. The molecule has 1 aromatic heterocycles. The summed E-state index contributed by atoms with van der Waals surface area (Å²) in [5.41, 5.74) is 4.01. The van der Waals surface area contributed by atoms with E-state index in [0.29, 0.717) is 23.5 Å². The summed E-state index contributed by atoms with van der Waals surface area (Å²) in [5.74, 6) is 0.224. The average molecular weight is 412 g/mol. The van der Waals surface area contributed by atoms with Gasteiger partial charge in [-0.2, -0.15) is 0 Å². The molecule has 31 heavy (non-hydrogen) atoms. The van der Waals surface area contributed by atoms with E-state index in [1.165, 1.54) is 12.1 Å². The van der Waals surface area contributed by atoms with Crippen molar-refractivity contribution in [2.24, 2.45) is 0 Å². The van der Waals surface area contributed by atoms with Crippen LogP contribution >= 0.6 is 0 Å². The van der Waals surface area contributed by atoms with Gasteiger partial charge in [-0.3, -0.25) is 4.79 Å². The molecule has 0 spiro atoms. The van der Waals surface area contributed by atoms with Crippen molar-refractivity contribution >= 4 is 23.1 Å². The molecule has 0 N–H and O–H groups in total. The molecule has 0 saturated carbocycles. The van der Waals surface area contributed by atoms with Crippen LogP contribution in [0.1, 0.15) is 30.3 Å². The van der Waals surface area contributed by atoms with Gasteiger partial charge in [0.25, 0.3) is 0 Å². The molecule has 5 heteroatoms. The van der Waals surface area contributed by atoms with Gasteiger partial charge in [0, 0.05) is 12.6 Å². The molecule has 4 aromatic rings. The van der Waals surface area contributed by atoms with Gasteiger partial charge >= 0.3 is 0 Å². The molecule has 1 amide bonds. The van der Waals surface area contributed by atoms with Crippen molar-refractivity contribution in [1.29, 1.82) is 0 Å². The highest BCUT2D eigenvalue weighted by molar-refractivity contribution is 5.92. The summed E-state index contributed by atoms with van der Waals surface area (Å²) in [6, 6.07) is 21.7. The molecular weight excluding hydrogens is 391 g/mol. The molecule has 0 unspecified atom stereocenters. The van der Waals surface area contributed by atoms with Crippen LogP contribution in [0.15, 0.2) is 83.3 Å². The largest absolute Gasteiger partial charge is 0.438 e. The predicted octanol–water partition coefficient (Wildman–Crippen LogP) is 6.01. The minimum Gasteiger partial charge on any atom is -0.438 e. The molecule has 0 aliphatic carbocycles. The van der Waals surface area contributed by atoms with Crippen LogP contribution in [0.2, 0.25) is 0 Å². The number of benzene rings is 3. The van der Waals surface area contributed by atoms with Crippen LogP contribution in [0.5, 0.6) is 0 Å². The first-order chi connectivity index (χ1) is 15.2. The van der Waals surface area contributed by atoms with Gasteiger partial charge in [0.2, 0.25) is 11.8 Å². The average Bonchev–Trinajstić information content (AvgIpc) is 3.44. The molecule has 1 aliphatic rings. The number of oxazole rings is 1. The molecule has 3 aromatic carbocycles. The zero-order valence-corrected chi connectivity index (χ0v) is 16.9. The van der Waals surface area contributed by atoms with Crippen LogP contribution in [0.3, 0.4) is 0 Å². The number of amides is 1. The van der Waals surface area contributed by atoms with Crippen LogP contribution < -0.4 is 0 Å². The predicted molar refractivity (Wildman–Crippen MR) is 119 cm³/mol. The Morgan fingerprint density at radius 3 is 2.71 bits per heavy atom. The van der Waals surface area contributed by atoms with Gasteiger partial charge in [-0.25, -0.2) is 9.37 Å². The molecule has 1 fully saturated rings. The van der Waals surface area contributed by atoms with Crippen molar-refractivity contribution in [1.82, 2.24) is 9.88 Å². The highest BCUT2D eigenvalue weighted by Crippen LogP contribution is 2.34. The van der Waals surface area contributed by atoms with Crippen LogP contribution in [0.25, 0.3) is 28.3 Å². The first-order valence-electron chi connectivity index (χ1n) is 10.4. The summed E-state index contributed by atoms with van der Waals surface area (Å²) >= 11 is 0. The Labute approximate surface area is 179 Å². The fourth-order valence-electron chi connectivity index (χ4n) is 4.05. The second-order valence-electron chi connectivity index (χ2n) is 7.68. The van der Waals surface area contributed by atoms with E-state index >= 15 is 0 Å². The third kappa shape index (κ3) is 3.99. The lowest BCUT2D eigenvalue weighted by Gasteiger charge is -2.20. The number of nitrogens with zero attached hydrogens (tertiary/aromatic N) is 2. The molecule has 1 atom stereocenters. The Bertz CT molecular complexity index is 1260. The summed E-state index contributed by atoms with van der Waals surface area (Å²) in [5, 5.41) is 0. The molecular formula is C26H21FN2O2. The SMILES string of the molecule is O=C(/C=C/c1ccccc1)N1CCC[C@H]1c1nc2cc(-c3cccc(F)c3)ccc2o1. The maximum atomic E-state index is 13.6. The van der Waals surface area contributed by atoms with Crippen molar-refractivity contribution < 1.29 is 13.6 Å². The molecule has 0 bridgehead atoms. The van der Waals surface area contributed by atoms with Crippen LogP contribution in [0, 0.1) is 5.82 Å². The Morgan fingerprint density at radius 2 is 1.87 bits per heavy atom. The normalized spacial score (nSPS) is 16.4. The number of hydrogen-bond donors (Lipinski definition) is 0. The lowest BCUT2D eigenvalue weighted by atomic mass is 10.1. The monoisotopic (exact) mass is 412 g/mol. The van der Waals surface area contributed by atoms with Gasteiger partial charge in [-0.15, -0.1) is 0 Å². The number of likely N-dealkylation sites (tertiary alicyclic amines) is 1. The maximum absolute atomic E-state index is 13.6. The smallest absolute Gasteiger partial charge is 0.247 e. The van der Waals surface area contributed by atoms with Crippen molar-refractivity contribution in [3.63, 3.8) is 0 Å². The summed E-state index contributed by atoms with van der Waals surface area (Å²) in [4.78, 5) is 19.3. The molecule has 2 heterocycles. The molecule has 154 valence electrons. The van der Waals surface area contributed by atoms with E-state index in [1.807, 2.05) is 65.6 Å². The van der Waals surface area contributed by atoms with Gasteiger partial charge in [0.15, 0.2) is 5.58 Å². The van der Waals surface area contributed by atoms with E-state index in [-0.39, 0.29) is 17.8 Å². The van der Waals surface area contributed by atoms with Gasteiger partial charge in [-0.1, -0.05) is 48.5 Å². The van der Waals surface area contributed by atoms with Gasteiger partial charge in [0.05, 0.1) is 0 Å². The van der Waals surface area contributed by atoms with Gasteiger partial charge in [-0.05, 0) is 59.9 Å². The quantitative estimate of drug-likeness (QED) is 0.386. The number of halogens is 1. The summed E-state index contributed by atoms with van der Waals surface area (Å²) in [6.45, 7) is 0.676. The highest BCUT2D eigenvalue weighted by Gasteiger charge is 2.32. The molecule has 4 nitrogen and oxygen atoms in total. The molecule has 1 aliphatic heterocycles. The second kappa shape index (κ2) is 8.19. The van der Waals surface area contributed by atoms with Gasteiger partial charge < -0.3 is 9.32 Å². The summed E-state index contributed by atoms with van der Waals surface area (Å²) in [6.07, 6.45) is 5.16. The van der Waals surface area contributed by atoms with Crippen LogP contribution in [0.4, 0.5) is 4.39 Å². The lowest BCUT2D eigenvalue weighted by Crippen LogP contribution is -2.29. The van der Waals surface area contributed by atoms with Crippen molar-refractivity contribution in [2.45, 2.75) is 18.9 Å². The van der Waals surface area contributed by atoms with Crippen LogP contribution in [-0.4, -0.2) is 22.3 Å². The van der Waals surface area contributed by atoms with Crippen molar-refractivity contribution in [2.75, 3.05) is 6.54 Å². The van der Waals surface area contributed by atoms with E-state index in [4.69, 9.17) is 4.42 Å². The van der Waals surface area contributed by atoms with E-state index in [1.54, 1.807) is 12.1 Å². The Morgan fingerprint density at radius 1 is 1.03 bits per heavy atom. The van der Waals surface area contributed by atoms with Crippen molar-refractivity contribution in [3.05, 3.63) is 96.1 Å². The number of hydrogen-bond acceptors (Lipinski definition) is 3. The van der Waals surface area contributed by atoms with Crippen LogP contribution in [-0.2, 0) is 4.79 Å². The second-order valence-corrected chi connectivity index (χ2v) is 7.68. The zero-order chi connectivity index (χ0) is 21.2. The maximum Gasteiger partial charge on any atom is 0.247 e. The first-order valence-corrected chi connectivity index (χ1v) is 10.4. The Kier molecular flexibility index (Phi) is 5.08. The number of fused-ring (bicyclic) bond motifs is 1. The van der Waals surface area contributed by atoms with E-state index < -0.39 is 0 Å². The minimum absolute atomic E-state index is 0.0472. The lowest BCUT2D eigenvalue weighted by molar-refractivity contribution is -0.127. The standard InChI is InChI=1S/C26H21FN2O2/c27-21-9-4-8-19(16-21)20-12-13-24-22(17-20)28-26(31-24)23-10-5-15-29(23)25(30)14-11-18-6-2-1-3-7-18/h1-4,6-9,11-14,16-17,23H,5,10,15H2/b14-11+/t23-/m0/s1. The molecule has 1 saturated heterocycles. The number of carbonyl (C=O) groups excluding carboxylic acids is 1. The summed E-state index contributed by atoms with van der Waals surface area (Å²) < 4.78 is 19.6. The molecule has 0 radical (unpaired) electrons. The fourth-order valence-corrected chi connectivity index (χ4v) is 4.05. The van der Waals surface area contributed by atoms with E-state index in [0.717, 1.165) is 29.5 Å². The highest BCUT2D eigenvalue weighted by atomic mass is 19.1. The fraction of sp³-hybridized carbons (Fsp3) is 0.154. The number of aromatic nitrogens is 1. The molecule has 5 rings (SSSR count). The van der Waals surface area contributed by atoms with Gasteiger partial charge in [0.1, 0.15) is 17.4 Å². The topological polar surface area (TPSA) is 46.3 Å². The summed E-state index contributed by atoms with van der Waals surface area (Å²) in [7, 11) is 0. The zero-order valence-electron chi connectivity index (χ0n) is 16.9. The Hall–Kier alpha value is -3.73. The first kappa shape index (κ1) is 19.2. The van der Waals surface area contributed by atoms with E-state index in [2.05, 4.69) is 4.98 Å². The van der Waals surface area contributed by atoms with E-state index in [9.17, 15) is 9.18 Å². The Balaban J connectivity index is 1.40. The number of carbonyl (C=O) groups is 1.